The second kappa shape index (κ2) is 5.85. The van der Waals surface area contributed by atoms with Gasteiger partial charge in [0.25, 0.3) is 0 Å². The van der Waals surface area contributed by atoms with Gasteiger partial charge < -0.3 is 10.6 Å². The van der Waals surface area contributed by atoms with Crippen molar-refractivity contribution in [1.82, 2.24) is 5.32 Å². The summed E-state index contributed by atoms with van der Waals surface area (Å²) in [6.45, 7) is 2.84. The number of carbonyl (C=O) groups excluding carboxylic acids is 1. The van der Waals surface area contributed by atoms with Crippen molar-refractivity contribution >= 4 is 11.6 Å². The molecule has 2 rings (SSSR count). The summed E-state index contributed by atoms with van der Waals surface area (Å²) in [6.07, 6.45) is 3.47. The van der Waals surface area contributed by atoms with Gasteiger partial charge in [0, 0.05) is 5.69 Å². The van der Waals surface area contributed by atoms with Crippen molar-refractivity contribution in [3.05, 3.63) is 29.8 Å². The molecular formula is C15H19N3O. The van der Waals surface area contributed by atoms with E-state index in [4.69, 9.17) is 5.26 Å². The van der Waals surface area contributed by atoms with Crippen LogP contribution in [0.5, 0.6) is 0 Å². The van der Waals surface area contributed by atoms with E-state index in [1.807, 2.05) is 31.2 Å². The van der Waals surface area contributed by atoms with Crippen LogP contribution in [-0.4, -0.2) is 18.0 Å². The molecule has 1 aromatic rings. The molecule has 100 valence electrons. The summed E-state index contributed by atoms with van der Waals surface area (Å²) in [5, 5.41) is 14.8. The lowest BCUT2D eigenvalue weighted by Crippen LogP contribution is -2.54. The lowest BCUT2D eigenvalue weighted by molar-refractivity contribution is -0.122. The van der Waals surface area contributed by atoms with Gasteiger partial charge in [0.2, 0.25) is 5.91 Å². The lowest BCUT2D eigenvalue weighted by atomic mass is 9.90. The summed E-state index contributed by atoms with van der Waals surface area (Å²) in [6, 6.07) is 9.53. The Bertz CT molecular complexity index is 481. The van der Waals surface area contributed by atoms with Crippen LogP contribution < -0.4 is 10.6 Å². The first-order valence-electron chi connectivity index (χ1n) is 6.66. The molecule has 1 aliphatic heterocycles. The molecule has 1 atom stereocenters. The van der Waals surface area contributed by atoms with Crippen LogP contribution >= 0.6 is 0 Å². The van der Waals surface area contributed by atoms with E-state index in [0.717, 1.165) is 37.1 Å². The molecular weight excluding hydrogens is 238 g/mol. The molecule has 0 aliphatic carbocycles. The number of rotatable bonds is 3. The Morgan fingerprint density at radius 3 is 2.74 bits per heavy atom. The van der Waals surface area contributed by atoms with Crippen molar-refractivity contribution in [2.24, 2.45) is 0 Å². The topological polar surface area (TPSA) is 64.9 Å². The third-order valence-electron chi connectivity index (χ3n) is 3.61. The van der Waals surface area contributed by atoms with E-state index >= 15 is 0 Å². The van der Waals surface area contributed by atoms with Crippen LogP contribution in [0.4, 0.5) is 5.69 Å². The first-order chi connectivity index (χ1) is 9.14. The van der Waals surface area contributed by atoms with Gasteiger partial charge in [-0.05, 0) is 50.4 Å². The summed E-state index contributed by atoms with van der Waals surface area (Å²) in [7, 11) is 0. The quantitative estimate of drug-likeness (QED) is 0.872. The highest BCUT2D eigenvalue weighted by atomic mass is 16.2. The van der Waals surface area contributed by atoms with Gasteiger partial charge in [0.1, 0.15) is 0 Å². The fourth-order valence-corrected chi connectivity index (χ4v) is 2.32. The number of hydrogen-bond acceptors (Lipinski definition) is 3. The number of hydrogen-bond donors (Lipinski definition) is 2. The smallest absolute Gasteiger partial charge is 0.244 e. The van der Waals surface area contributed by atoms with Crippen molar-refractivity contribution < 1.29 is 4.79 Å². The summed E-state index contributed by atoms with van der Waals surface area (Å²) >= 11 is 0. The van der Waals surface area contributed by atoms with E-state index in [-0.39, 0.29) is 5.91 Å². The largest absolute Gasteiger partial charge is 0.324 e. The zero-order valence-corrected chi connectivity index (χ0v) is 11.2. The number of amides is 1. The highest BCUT2D eigenvalue weighted by molar-refractivity contribution is 5.97. The predicted octanol–water partition coefficient (Wildman–Crippen LogP) is 2.22. The van der Waals surface area contributed by atoms with Crippen molar-refractivity contribution in [3.63, 3.8) is 0 Å². The van der Waals surface area contributed by atoms with Crippen LogP contribution in [0.3, 0.4) is 0 Å². The molecule has 0 bridgehead atoms. The molecule has 2 N–H and O–H groups in total. The SMILES string of the molecule is CC1(C(=O)Nc2ccc(CC#N)cc2)CCCCN1. The average Bonchev–Trinajstić information content (AvgIpc) is 2.42. The van der Waals surface area contributed by atoms with E-state index in [1.54, 1.807) is 0 Å². The van der Waals surface area contributed by atoms with Crippen LogP contribution in [-0.2, 0) is 11.2 Å². The predicted molar refractivity (Wildman–Crippen MR) is 74.6 cm³/mol. The molecule has 1 aromatic carbocycles. The van der Waals surface area contributed by atoms with Crippen LogP contribution in [0, 0.1) is 11.3 Å². The molecule has 19 heavy (non-hydrogen) atoms. The number of carbonyl (C=O) groups is 1. The van der Waals surface area contributed by atoms with Gasteiger partial charge in [0.05, 0.1) is 18.0 Å². The van der Waals surface area contributed by atoms with E-state index < -0.39 is 5.54 Å². The number of benzene rings is 1. The zero-order valence-electron chi connectivity index (χ0n) is 11.2. The number of anilines is 1. The van der Waals surface area contributed by atoms with Crippen LogP contribution in [0.2, 0.25) is 0 Å². The average molecular weight is 257 g/mol. The Balaban J connectivity index is 2.00. The number of piperidine rings is 1. The van der Waals surface area contributed by atoms with Crippen LogP contribution in [0.1, 0.15) is 31.7 Å². The fraction of sp³-hybridized carbons (Fsp3) is 0.467. The van der Waals surface area contributed by atoms with Crippen LogP contribution in [0.15, 0.2) is 24.3 Å². The van der Waals surface area contributed by atoms with Crippen LogP contribution in [0.25, 0.3) is 0 Å². The Kier molecular flexibility index (Phi) is 4.18. The monoisotopic (exact) mass is 257 g/mol. The molecule has 4 heteroatoms. The van der Waals surface area contributed by atoms with Gasteiger partial charge in [-0.1, -0.05) is 12.1 Å². The van der Waals surface area contributed by atoms with E-state index in [1.165, 1.54) is 0 Å². The standard InChI is InChI=1S/C15H19N3O/c1-15(9-2-3-11-17-15)14(19)18-13-6-4-12(5-7-13)8-10-16/h4-7,17H,2-3,8-9,11H2,1H3,(H,18,19). The maximum absolute atomic E-state index is 12.3. The molecule has 1 saturated heterocycles. The number of nitriles is 1. The molecule has 0 radical (unpaired) electrons. The molecule has 1 amide bonds. The molecule has 4 nitrogen and oxygen atoms in total. The second-order valence-corrected chi connectivity index (χ2v) is 5.20. The Morgan fingerprint density at radius 2 is 2.16 bits per heavy atom. The van der Waals surface area contributed by atoms with E-state index in [0.29, 0.717) is 6.42 Å². The maximum atomic E-state index is 12.3. The molecule has 1 heterocycles. The summed E-state index contributed by atoms with van der Waals surface area (Å²) in [5.74, 6) is 0.0141. The van der Waals surface area contributed by atoms with Crippen molar-refractivity contribution in [3.8, 4) is 6.07 Å². The normalized spacial score (nSPS) is 22.5. The van der Waals surface area contributed by atoms with Gasteiger partial charge in [-0.3, -0.25) is 4.79 Å². The van der Waals surface area contributed by atoms with E-state index in [9.17, 15) is 4.79 Å². The minimum atomic E-state index is -0.469. The Morgan fingerprint density at radius 1 is 1.42 bits per heavy atom. The number of nitrogens with zero attached hydrogens (tertiary/aromatic N) is 1. The minimum Gasteiger partial charge on any atom is -0.324 e. The second-order valence-electron chi connectivity index (χ2n) is 5.20. The lowest BCUT2D eigenvalue weighted by Gasteiger charge is -2.33. The Hall–Kier alpha value is -1.86. The first-order valence-corrected chi connectivity index (χ1v) is 6.66. The summed E-state index contributed by atoms with van der Waals surface area (Å²) in [4.78, 5) is 12.3. The van der Waals surface area contributed by atoms with Gasteiger partial charge in [-0.2, -0.15) is 5.26 Å². The minimum absolute atomic E-state index is 0.0141. The number of nitrogens with one attached hydrogen (secondary N) is 2. The molecule has 0 saturated carbocycles. The van der Waals surface area contributed by atoms with Crippen molar-refractivity contribution in [2.75, 3.05) is 11.9 Å². The third kappa shape index (κ3) is 3.33. The van der Waals surface area contributed by atoms with Gasteiger partial charge >= 0.3 is 0 Å². The zero-order chi connectivity index (χ0) is 13.7. The fourth-order valence-electron chi connectivity index (χ4n) is 2.32. The highest BCUT2D eigenvalue weighted by Gasteiger charge is 2.34. The third-order valence-corrected chi connectivity index (χ3v) is 3.61. The highest BCUT2D eigenvalue weighted by Crippen LogP contribution is 2.21. The molecule has 0 spiro atoms. The van der Waals surface area contributed by atoms with Crippen molar-refractivity contribution in [2.45, 2.75) is 38.1 Å². The van der Waals surface area contributed by atoms with Crippen molar-refractivity contribution in [1.29, 1.82) is 5.26 Å². The summed E-state index contributed by atoms with van der Waals surface area (Å²) < 4.78 is 0. The molecule has 0 aromatic heterocycles. The van der Waals surface area contributed by atoms with Gasteiger partial charge in [-0.15, -0.1) is 0 Å². The summed E-state index contributed by atoms with van der Waals surface area (Å²) in [5.41, 5.74) is 1.27. The molecule has 1 fully saturated rings. The first kappa shape index (κ1) is 13.6. The van der Waals surface area contributed by atoms with Gasteiger partial charge in [-0.25, -0.2) is 0 Å². The maximum Gasteiger partial charge on any atom is 0.244 e. The molecule has 1 unspecified atom stereocenters. The van der Waals surface area contributed by atoms with E-state index in [2.05, 4.69) is 16.7 Å². The van der Waals surface area contributed by atoms with Gasteiger partial charge in [0.15, 0.2) is 0 Å². The Labute approximate surface area is 113 Å². The molecule has 1 aliphatic rings.